The second kappa shape index (κ2) is 7.42. The number of hydrogen-bond donors (Lipinski definition) is 1. The zero-order chi connectivity index (χ0) is 17.9. The van der Waals surface area contributed by atoms with Gasteiger partial charge in [-0.25, -0.2) is 0 Å². The first kappa shape index (κ1) is 18.3. The first-order chi connectivity index (χ1) is 11.9. The highest BCUT2D eigenvalue weighted by atomic mass is 28.4. The van der Waals surface area contributed by atoms with E-state index < -0.39 is 14.6 Å². The summed E-state index contributed by atoms with van der Waals surface area (Å²) in [6.07, 6.45) is 0.859. The lowest BCUT2D eigenvalue weighted by Crippen LogP contribution is -2.67. The van der Waals surface area contributed by atoms with E-state index in [1.54, 1.807) is 0 Å². The summed E-state index contributed by atoms with van der Waals surface area (Å²) in [6, 6.07) is 21.2. The van der Waals surface area contributed by atoms with Gasteiger partial charge in [0.2, 0.25) is 0 Å². The molecule has 1 saturated heterocycles. The molecule has 0 spiro atoms. The Balaban J connectivity index is 2.02. The molecule has 4 heteroatoms. The zero-order valence-corrected chi connectivity index (χ0v) is 16.3. The second-order valence-corrected chi connectivity index (χ2v) is 12.1. The molecule has 0 aliphatic carbocycles. The van der Waals surface area contributed by atoms with Crippen LogP contribution in [0.25, 0.3) is 0 Å². The van der Waals surface area contributed by atoms with E-state index in [1.807, 2.05) is 12.1 Å². The standard InChI is InChI=1S/C21H28O3Si/c1-21(2,3)25(18-10-6-4-7-11-18,19-12-8-5-9-13-19)23-16-17-14-15-20(22)24-17/h4-13,17,20,22H,14-16H2,1-3H3/t17-,20+/m0/s1. The number of rotatable bonds is 5. The summed E-state index contributed by atoms with van der Waals surface area (Å²) in [7, 11) is -2.50. The summed E-state index contributed by atoms with van der Waals surface area (Å²) < 4.78 is 12.4. The van der Waals surface area contributed by atoms with E-state index >= 15 is 0 Å². The average Bonchev–Trinajstić information content (AvgIpc) is 3.02. The zero-order valence-electron chi connectivity index (χ0n) is 15.3. The molecular weight excluding hydrogens is 328 g/mol. The van der Waals surface area contributed by atoms with Gasteiger partial charge in [0.05, 0.1) is 12.7 Å². The van der Waals surface area contributed by atoms with Gasteiger partial charge >= 0.3 is 0 Å². The van der Waals surface area contributed by atoms with Crippen LogP contribution in [0, 0.1) is 0 Å². The van der Waals surface area contributed by atoms with Crippen molar-refractivity contribution in [1.82, 2.24) is 0 Å². The first-order valence-electron chi connectivity index (χ1n) is 9.02. The summed E-state index contributed by atoms with van der Waals surface area (Å²) in [5.41, 5.74) is 0. The highest BCUT2D eigenvalue weighted by Crippen LogP contribution is 2.37. The summed E-state index contributed by atoms with van der Waals surface area (Å²) in [4.78, 5) is 0. The van der Waals surface area contributed by atoms with Crippen LogP contribution in [0.1, 0.15) is 33.6 Å². The molecule has 25 heavy (non-hydrogen) atoms. The third kappa shape index (κ3) is 3.72. The molecule has 2 aromatic carbocycles. The summed E-state index contributed by atoms with van der Waals surface area (Å²) in [6.45, 7) is 7.32. The van der Waals surface area contributed by atoms with E-state index in [-0.39, 0.29) is 11.1 Å². The number of ether oxygens (including phenoxy) is 1. The van der Waals surface area contributed by atoms with Crippen molar-refractivity contribution in [3.05, 3.63) is 60.7 Å². The van der Waals surface area contributed by atoms with Gasteiger partial charge in [0, 0.05) is 6.42 Å². The van der Waals surface area contributed by atoms with Crippen LogP contribution in [-0.2, 0) is 9.16 Å². The topological polar surface area (TPSA) is 38.7 Å². The molecule has 1 aliphatic rings. The van der Waals surface area contributed by atoms with Gasteiger partial charge in [-0.05, 0) is 21.8 Å². The fraction of sp³-hybridized carbons (Fsp3) is 0.429. The molecule has 3 nitrogen and oxygen atoms in total. The molecular formula is C21H28O3Si. The van der Waals surface area contributed by atoms with E-state index in [0.29, 0.717) is 13.0 Å². The molecule has 134 valence electrons. The Morgan fingerprint density at radius 1 is 0.960 bits per heavy atom. The monoisotopic (exact) mass is 356 g/mol. The summed E-state index contributed by atoms with van der Waals surface area (Å²) in [5, 5.41) is 12.2. The van der Waals surface area contributed by atoms with Crippen LogP contribution in [0.2, 0.25) is 5.04 Å². The van der Waals surface area contributed by atoms with Crippen LogP contribution >= 0.6 is 0 Å². The third-order valence-electron chi connectivity index (χ3n) is 4.99. The number of aliphatic hydroxyl groups is 1. The molecule has 3 rings (SSSR count). The highest BCUT2D eigenvalue weighted by molar-refractivity contribution is 6.99. The molecule has 1 fully saturated rings. The molecule has 0 unspecified atom stereocenters. The van der Waals surface area contributed by atoms with Gasteiger partial charge < -0.3 is 14.3 Å². The van der Waals surface area contributed by atoms with Crippen molar-refractivity contribution in [1.29, 1.82) is 0 Å². The van der Waals surface area contributed by atoms with Crippen LogP contribution in [-0.4, -0.2) is 32.4 Å². The fourth-order valence-corrected chi connectivity index (χ4v) is 8.38. The minimum atomic E-state index is -2.50. The van der Waals surface area contributed by atoms with Gasteiger partial charge in [0.15, 0.2) is 6.29 Å². The third-order valence-corrected chi connectivity index (χ3v) is 9.99. The Kier molecular flexibility index (Phi) is 5.44. The number of benzene rings is 2. The normalized spacial score (nSPS) is 21.4. The van der Waals surface area contributed by atoms with E-state index in [0.717, 1.165) is 6.42 Å². The van der Waals surface area contributed by atoms with Crippen molar-refractivity contribution in [2.45, 2.75) is 51.0 Å². The lowest BCUT2D eigenvalue weighted by molar-refractivity contribution is -0.0992. The average molecular weight is 357 g/mol. The van der Waals surface area contributed by atoms with Gasteiger partial charge in [-0.1, -0.05) is 81.4 Å². The smallest absolute Gasteiger partial charge is 0.261 e. The van der Waals surface area contributed by atoms with E-state index in [2.05, 4.69) is 69.3 Å². The van der Waals surface area contributed by atoms with Crippen molar-refractivity contribution >= 4 is 18.7 Å². The Hall–Kier alpha value is -1.46. The Labute approximate surface area is 151 Å². The van der Waals surface area contributed by atoms with Crippen molar-refractivity contribution < 1.29 is 14.3 Å². The summed E-state index contributed by atoms with van der Waals surface area (Å²) in [5.74, 6) is 0. The van der Waals surface area contributed by atoms with E-state index in [9.17, 15) is 5.11 Å². The molecule has 0 amide bonds. The van der Waals surface area contributed by atoms with Crippen molar-refractivity contribution in [3.63, 3.8) is 0 Å². The van der Waals surface area contributed by atoms with Gasteiger partial charge in [0.1, 0.15) is 0 Å². The molecule has 0 bridgehead atoms. The number of hydrogen-bond acceptors (Lipinski definition) is 3. The van der Waals surface area contributed by atoms with Crippen molar-refractivity contribution in [3.8, 4) is 0 Å². The van der Waals surface area contributed by atoms with Gasteiger partial charge in [-0.3, -0.25) is 0 Å². The maximum absolute atomic E-state index is 9.66. The molecule has 0 radical (unpaired) electrons. The predicted molar refractivity (Wildman–Crippen MR) is 104 cm³/mol. The molecule has 1 aliphatic heterocycles. The lowest BCUT2D eigenvalue weighted by Gasteiger charge is -2.43. The Morgan fingerprint density at radius 2 is 1.48 bits per heavy atom. The largest absolute Gasteiger partial charge is 0.405 e. The summed E-state index contributed by atoms with van der Waals surface area (Å²) >= 11 is 0. The Morgan fingerprint density at radius 3 is 1.88 bits per heavy atom. The molecule has 1 heterocycles. The van der Waals surface area contributed by atoms with Gasteiger partial charge in [-0.2, -0.15) is 0 Å². The Bertz CT molecular complexity index is 627. The minimum Gasteiger partial charge on any atom is -0.405 e. The van der Waals surface area contributed by atoms with Gasteiger partial charge in [-0.15, -0.1) is 0 Å². The molecule has 0 aromatic heterocycles. The van der Waals surface area contributed by atoms with E-state index in [4.69, 9.17) is 9.16 Å². The minimum absolute atomic E-state index is 0.0309. The predicted octanol–water partition coefficient (Wildman–Crippen LogP) is 3.06. The molecule has 0 saturated carbocycles. The molecule has 2 aromatic rings. The highest BCUT2D eigenvalue weighted by Gasteiger charge is 2.50. The molecule has 2 atom stereocenters. The van der Waals surface area contributed by atoms with Crippen LogP contribution in [0.4, 0.5) is 0 Å². The quantitative estimate of drug-likeness (QED) is 0.837. The van der Waals surface area contributed by atoms with Crippen molar-refractivity contribution in [2.75, 3.05) is 6.61 Å². The SMILES string of the molecule is CC(C)(C)[Si](OC[C@@H]1CC[C@H](O)O1)(c1ccccc1)c1ccccc1. The van der Waals surface area contributed by atoms with Crippen LogP contribution in [0.5, 0.6) is 0 Å². The lowest BCUT2D eigenvalue weighted by atomic mass is 10.2. The maximum atomic E-state index is 9.66. The van der Waals surface area contributed by atoms with E-state index in [1.165, 1.54) is 10.4 Å². The van der Waals surface area contributed by atoms with Crippen molar-refractivity contribution in [2.24, 2.45) is 0 Å². The maximum Gasteiger partial charge on any atom is 0.261 e. The van der Waals surface area contributed by atoms with Crippen LogP contribution < -0.4 is 10.4 Å². The first-order valence-corrected chi connectivity index (χ1v) is 10.9. The second-order valence-electron chi connectivity index (χ2n) is 7.76. The van der Waals surface area contributed by atoms with Crippen LogP contribution in [0.15, 0.2) is 60.7 Å². The fourth-order valence-electron chi connectivity index (χ4n) is 3.79. The van der Waals surface area contributed by atoms with Gasteiger partial charge in [0.25, 0.3) is 8.32 Å². The van der Waals surface area contributed by atoms with Crippen LogP contribution in [0.3, 0.4) is 0 Å². The molecule has 1 N–H and O–H groups in total. The number of aliphatic hydroxyl groups excluding tert-OH is 1.